The number of carbonyl (C=O) groups is 1. The van der Waals surface area contributed by atoms with Crippen molar-refractivity contribution in [3.63, 3.8) is 0 Å². The van der Waals surface area contributed by atoms with E-state index in [2.05, 4.69) is 14.9 Å². The molecule has 3 aromatic rings. The second-order valence-corrected chi connectivity index (χ2v) is 10.8. The van der Waals surface area contributed by atoms with Crippen LogP contribution in [0.5, 0.6) is 0 Å². The summed E-state index contributed by atoms with van der Waals surface area (Å²) < 4.78 is 11.0. The number of nitrogens with zero attached hydrogens (tertiary/aromatic N) is 6. The fourth-order valence-corrected chi connectivity index (χ4v) is 5.23. The van der Waals surface area contributed by atoms with E-state index in [0.29, 0.717) is 12.4 Å². The maximum Gasteiger partial charge on any atom is 0.410 e. The molecule has 0 bridgehead atoms. The number of fused-ring (bicyclic) bond motifs is 1. The van der Waals surface area contributed by atoms with E-state index < -0.39 is 5.60 Å². The van der Waals surface area contributed by atoms with E-state index in [1.54, 1.807) is 25.7 Å². The number of carbonyl (C=O) groups excluding carboxylic acids is 1. The second-order valence-electron chi connectivity index (χ2n) is 10.8. The Bertz CT molecular complexity index is 1240. The van der Waals surface area contributed by atoms with Crippen molar-refractivity contribution in [3.8, 4) is 11.4 Å². The molecule has 1 amide bonds. The number of methoxy groups -OCH3 is 1. The van der Waals surface area contributed by atoms with E-state index in [1.807, 2.05) is 43.9 Å². The zero-order chi connectivity index (χ0) is 25.3. The predicted octanol–water partition coefficient (Wildman–Crippen LogP) is 4.46. The highest BCUT2D eigenvalue weighted by atomic mass is 16.6. The smallest absolute Gasteiger partial charge is 0.410 e. The van der Waals surface area contributed by atoms with E-state index in [1.165, 1.54) is 0 Å². The Morgan fingerprint density at radius 3 is 2.44 bits per heavy atom. The minimum Gasteiger partial charge on any atom is -0.444 e. The van der Waals surface area contributed by atoms with Crippen LogP contribution in [0.3, 0.4) is 0 Å². The lowest BCUT2D eigenvalue weighted by Crippen LogP contribution is -2.43. The third kappa shape index (κ3) is 4.97. The molecule has 2 aliphatic heterocycles. The molecule has 5 heterocycles. The summed E-state index contributed by atoms with van der Waals surface area (Å²) in [4.78, 5) is 35.4. The Hall–Kier alpha value is -3.33. The Balaban J connectivity index is 1.41. The first-order valence-electron chi connectivity index (χ1n) is 12.5. The number of likely N-dealkylation sites (tertiary alicyclic amines) is 1. The highest BCUT2D eigenvalue weighted by Gasteiger charge is 2.43. The van der Waals surface area contributed by atoms with E-state index in [-0.39, 0.29) is 11.5 Å². The van der Waals surface area contributed by atoms with Gasteiger partial charge in [0.1, 0.15) is 16.9 Å². The number of rotatable bonds is 4. The van der Waals surface area contributed by atoms with Crippen LogP contribution in [0.1, 0.15) is 45.7 Å². The van der Waals surface area contributed by atoms with Crippen molar-refractivity contribution < 1.29 is 14.3 Å². The number of anilines is 1. The number of ether oxygens (including phenoxy) is 2. The molecule has 0 unspecified atom stereocenters. The molecule has 2 fully saturated rings. The van der Waals surface area contributed by atoms with Gasteiger partial charge in [0.25, 0.3) is 0 Å². The Kier molecular flexibility index (Phi) is 6.51. The third-order valence-electron chi connectivity index (χ3n) is 7.10. The second kappa shape index (κ2) is 9.61. The summed E-state index contributed by atoms with van der Waals surface area (Å²) in [6.07, 6.45) is 8.11. The first-order chi connectivity index (χ1) is 17.3. The summed E-state index contributed by atoms with van der Waals surface area (Å²) in [6.45, 7) is 9.36. The minimum atomic E-state index is -0.479. The molecule has 3 aromatic heterocycles. The number of hydrogen-bond acceptors (Lipinski definition) is 8. The highest BCUT2D eigenvalue weighted by Crippen LogP contribution is 2.42. The van der Waals surface area contributed by atoms with Crippen LogP contribution in [-0.2, 0) is 16.1 Å². The Morgan fingerprint density at radius 2 is 1.75 bits per heavy atom. The summed E-state index contributed by atoms with van der Waals surface area (Å²) in [5.74, 6) is 1.57. The minimum absolute atomic E-state index is 0.132. The molecular formula is C27H34N6O3. The van der Waals surface area contributed by atoms with Gasteiger partial charge in [0, 0.05) is 62.8 Å². The number of piperidine rings is 1. The van der Waals surface area contributed by atoms with Gasteiger partial charge in [0.15, 0.2) is 5.82 Å². The average Bonchev–Trinajstić information content (AvgIpc) is 3.28. The molecule has 2 saturated heterocycles. The van der Waals surface area contributed by atoms with Gasteiger partial charge in [0.2, 0.25) is 0 Å². The first kappa shape index (κ1) is 24.4. The van der Waals surface area contributed by atoms with Crippen molar-refractivity contribution in [3.05, 3.63) is 42.5 Å². The van der Waals surface area contributed by atoms with E-state index in [4.69, 9.17) is 19.4 Å². The zero-order valence-corrected chi connectivity index (χ0v) is 21.5. The molecule has 0 aliphatic carbocycles. The maximum absolute atomic E-state index is 12.6. The molecule has 0 aromatic carbocycles. The fraction of sp³-hybridized carbons (Fsp3) is 0.519. The summed E-state index contributed by atoms with van der Waals surface area (Å²) >= 11 is 0. The molecule has 0 radical (unpaired) electrons. The molecule has 2 aliphatic rings. The quantitative estimate of drug-likeness (QED) is 0.529. The molecule has 5 rings (SSSR count). The lowest BCUT2D eigenvalue weighted by molar-refractivity contribution is 0.0266. The van der Waals surface area contributed by atoms with Gasteiger partial charge in [-0.05, 0) is 63.6 Å². The van der Waals surface area contributed by atoms with Gasteiger partial charge in [-0.3, -0.25) is 9.97 Å². The predicted molar refractivity (Wildman–Crippen MR) is 138 cm³/mol. The summed E-state index contributed by atoms with van der Waals surface area (Å²) in [6, 6.07) is 5.84. The number of amides is 1. The molecule has 190 valence electrons. The topological polar surface area (TPSA) is 93.6 Å². The van der Waals surface area contributed by atoms with Crippen molar-refractivity contribution in [2.24, 2.45) is 5.41 Å². The van der Waals surface area contributed by atoms with E-state index in [0.717, 1.165) is 73.4 Å². The molecule has 0 atom stereocenters. The van der Waals surface area contributed by atoms with Gasteiger partial charge in [0.05, 0.1) is 12.3 Å². The van der Waals surface area contributed by atoms with Gasteiger partial charge >= 0.3 is 6.09 Å². The normalized spacial score (nSPS) is 17.7. The lowest BCUT2D eigenvalue weighted by atomic mass is 9.78. The van der Waals surface area contributed by atoms with Crippen LogP contribution in [0.15, 0.2) is 36.8 Å². The SMILES string of the molecule is COCc1nccc2c(N3CCC4(CCN(C(=O)OC(C)(C)C)C4)CC3)nc(-c3ccncc3)nc12. The number of aromatic nitrogens is 4. The van der Waals surface area contributed by atoms with Crippen LogP contribution in [0.25, 0.3) is 22.3 Å². The summed E-state index contributed by atoms with van der Waals surface area (Å²) in [5, 5.41) is 0.979. The molecule has 1 spiro atoms. The highest BCUT2D eigenvalue weighted by molar-refractivity contribution is 5.92. The molecule has 36 heavy (non-hydrogen) atoms. The monoisotopic (exact) mass is 490 g/mol. The van der Waals surface area contributed by atoms with Crippen molar-refractivity contribution in [1.82, 2.24) is 24.8 Å². The molecule has 9 nitrogen and oxygen atoms in total. The van der Waals surface area contributed by atoms with Crippen molar-refractivity contribution in [1.29, 1.82) is 0 Å². The van der Waals surface area contributed by atoms with Gasteiger partial charge in [-0.1, -0.05) is 0 Å². The van der Waals surface area contributed by atoms with Crippen molar-refractivity contribution in [2.45, 2.75) is 52.2 Å². The van der Waals surface area contributed by atoms with Crippen LogP contribution in [0.2, 0.25) is 0 Å². The standard InChI is InChI=1S/C27H34N6O3/c1-26(2,3)36-25(34)33-16-10-27(18-33)8-14-32(15-9-27)24-20-7-13-29-21(17-35-4)22(20)30-23(31-24)19-5-11-28-12-6-19/h5-7,11-13H,8-10,14-18H2,1-4H3. The molecule has 0 N–H and O–H groups in total. The van der Waals surface area contributed by atoms with Gasteiger partial charge in [-0.15, -0.1) is 0 Å². The molecular weight excluding hydrogens is 456 g/mol. The van der Waals surface area contributed by atoms with Crippen molar-refractivity contribution in [2.75, 3.05) is 38.2 Å². The maximum atomic E-state index is 12.6. The number of hydrogen-bond donors (Lipinski definition) is 0. The van der Waals surface area contributed by atoms with E-state index >= 15 is 0 Å². The van der Waals surface area contributed by atoms with Gasteiger partial charge < -0.3 is 19.3 Å². The van der Waals surface area contributed by atoms with E-state index in [9.17, 15) is 4.79 Å². The van der Waals surface area contributed by atoms with Crippen molar-refractivity contribution >= 4 is 22.8 Å². The summed E-state index contributed by atoms with van der Waals surface area (Å²) in [5.41, 5.74) is 2.18. The zero-order valence-electron chi connectivity index (χ0n) is 21.5. The first-order valence-corrected chi connectivity index (χ1v) is 12.5. The van der Waals surface area contributed by atoms with Gasteiger partial charge in [-0.25, -0.2) is 14.8 Å². The Labute approximate surface area is 211 Å². The average molecular weight is 491 g/mol. The third-order valence-corrected chi connectivity index (χ3v) is 7.10. The Morgan fingerprint density at radius 1 is 1.03 bits per heavy atom. The van der Waals surface area contributed by atoms with Gasteiger partial charge in [-0.2, -0.15) is 0 Å². The molecule has 9 heteroatoms. The van der Waals surface area contributed by atoms with Crippen LogP contribution in [0.4, 0.5) is 10.6 Å². The summed E-state index contributed by atoms with van der Waals surface area (Å²) in [7, 11) is 1.67. The molecule has 0 saturated carbocycles. The van der Waals surface area contributed by atoms with Crippen LogP contribution in [0, 0.1) is 5.41 Å². The lowest BCUT2D eigenvalue weighted by Gasteiger charge is -2.40. The van der Waals surface area contributed by atoms with Crippen LogP contribution >= 0.6 is 0 Å². The largest absolute Gasteiger partial charge is 0.444 e. The number of pyridine rings is 2. The van der Waals surface area contributed by atoms with Crippen LogP contribution < -0.4 is 4.90 Å². The van der Waals surface area contributed by atoms with Crippen LogP contribution in [-0.4, -0.2) is 69.8 Å². The fourth-order valence-electron chi connectivity index (χ4n) is 5.23.